The molecule has 1 amide bonds. The van der Waals surface area contributed by atoms with E-state index >= 15 is 0 Å². The van der Waals surface area contributed by atoms with Gasteiger partial charge in [0.2, 0.25) is 0 Å². The highest BCUT2D eigenvalue weighted by Gasteiger charge is 2.25. The second-order valence-electron chi connectivity index (χ2n) is 5.16. The summed E-state index contributed by atoms with van der Waals surface area (Å²) >= 11 is 1.13. The number of hydrogen-bond donors (Lipinski definition) is 1. The van der Waals surface area contributed by atoms with E-state index in [4.69, 9.17) is 10.5 Å². The van der Waals surface area contributed by atoms with Crippen LogP contribution < -0.4 is 5.73 Å². The van der Waals surface area contributed by atoms with Crippen molar-refractivity contribution in [2.24, 2.45) is 0 Å². The van der Waals surface area contributed by atoms with Crippen molar-refractivity contribution < 1.29 is 14.3 Å². The number of benzene rings is 1. The molecule has 0 atom stereocenters. The van der Waals surface area contributed by atoms with Crippen LogP contribution in [0.5, 0.6) is 0 Å². The van der Waals surface area contributed by atoms with Crippen LogP contribution in [0.25, 0.3) is 0 Å². The van der Waals surface area contributed by atoms with Gasteiger partial charge in [-0.1, -0.05) is 30.3 Å². The summed E-state index contributed by atoms with van der Waals surface area (Å²) in [5.74, 6) is -0.637. The van der Waals surface area contributed by atoms with Crippen LogP contribution in [0.4, 0.5) is 5.00 Å². The van der Waals surface area contributed by atoms with Gasteiger partial charge in [-0.3, -0.25) is 4.79 Å². The highest BCUT2D eigenvalue weighted by molar-refractivity contribution is 7.18. The number of nitrogens with zero attached hydrogens (tertiary/aromatic N) is 1. The zero-order valence-corrected chi connectivity index (χ0v) is 14.3. The molecule has 1 aromatic heterocycles. The second-order valence-corrected chi connectivity index (χ2v) is 6.21. The maximum absolute atomic E-state index is 12.6. The fourth-order valence-corrected chi connectivity index (χ4v) is 3.36. The number of esters is 1. The maximum Gasteiger partial charge on any atom is 0.341 e. The van der Waals surface area contributed by atoms with Crippen molar-refractivity contribution in [1.82, 2.24) is 4.90 Å². The number of thiophene rings is 1. The van der Waals surface area contributed by atoms with Crippen LogP contribution in [0.3, 0.4) is 0 Å². The normalized spacial score (nSPS) is 10.4. The van der Waals surface area contributed by atoms with E-state index in [1.54, 1.807) is 25.8 Å². The molecule has 0 radical (unpaired) electrons. The first-order chi connectivity index (χ1) is 11.0. The third-order valence-electron chi connectivity index (χ3n) is 3.46. The molecule has 0 saturated carbocycles. The van der Waals surface area contributed by atoms with Crippen molar-refractivity contribution >= 4 is 28.2 Å². The average molecular weight is 332 g/mol. The smallest absolute Gasteiger partial charge is 0.341 e. The number of carbonyl (C=O) groups is 2. The fourth-order valence-electron chi connectivity index (χ4n) is 2.30. The highest BCUT2D eigenvalue weighted by Crippen LogP contribution is 2.32. The topological polar surface area (TPSA) is 72.6 Å². The molecule has 0 aliphatic rings. The largest absolute Gasteiger partial charge is 0.462 e. The van der Waals surface area contributed by atoms with E-state index in [1.165, 1.54) is 0 Å². The van der Waals surface area contributed by atoms with Gasteiger partial charge in [0.1, 0.15) is 5.00 Å². The van der Waals surface area contributed by atoms with Gasteiger partial charge in [0.25, 0.3) is 5.91 Å². The lowest BCUT2D eigenvalue weighted by Crippen LogP contribution is -2.26. The average Bonchev–Trinajstić information content (AvgIpc) is 2.82. The van der Waals surface area contributed by atoms with Crippen LogP contribution in [0.15, 0.2) is 30.3 Å². The van der Waals surface area contributed by atoms with Crippen molar-refractivity contribution in [3.63, 3.8) is 0 Å². The predicted octanol–water partition coefficient (Wildman–Crippen LogP) is 3.09. The molecule has 0 saturated heterocycles. The Kier molecular flexibility index (Phi) is 5.39. The molecule has 0 aliphatic carbocycles. The molecule has 0 unspecified atom stereocenters. The molecular weight excluding hydrogens is 312 g/mol. The van der Waals surface area contributed by atoms with E-state index in [0.29, 0.717) is 27.5 Å². The van der Waals surface area contributed by atoms with Gasteiger partial charge >= 0.3 is 5.97 Å². The molecule has 2 N–H and O–H groups in total. The molecule has 0 fully saturated rings. The Bertz CT molecular complexity index is 710. The summed E-state index contributed by atoms with van der Waals surface area (Å²) in [4.78, 5) is 26.7. The van der Waals surface area contributed by atoms with Gasteiger partial charge < -0.3 is 15.4 Å². The van der Waals surface area contributed by atoms with Gasteiger partial charge in [0.05, 0.1) is 17.0 Å². The van der Waals surface area contributed by atoms with Gasteiger partial charge in [-0.2, -0.15) is 0 Å². The van der Waals surface area contributed by atoms with Crippen LogP contribution >= 0.6 is 11.3 Å². The molecule has 6 heteroatoms. The molecule has 0 bridgehead atoms. The Morgan fingerprint density at radius 1 is 1.26 bits per heavy atom. The van der Waals surface area contributed by atoms with Gasteiger partial charge in [0, 0.05) is 13.6 Å². The van der Waals surface area contributed by atoms with Gasteiger partial charge in [-0.25, -0.2) is 4.79 Å². The quantitative estimate of drug-likeness (QED) is 0.854. The van der Waals surface area contributed by atoms with Crippen LogP contribution in [0.1, 0.15) is 38.1 Å². The molecule has 122 valence electrons. The Hall–Kier alpha value is -2.34. The Morgan fingerprint density at radius 3 is 2.52 bits per heavy atom. The molecule has 2 aromatic rings. The van der Waals surface area contributed by atoms with E-state index in [2.05, 4.69) is 0 Å². The van der Waals surface area contributed by atoms with E-state index in [-0.39, 0.29) is 12.5 Å². The number of anilines is 1. The first-order valence-corrected chi connectivity index (χ1v) is 8.12. The molecule has 0 spiro atoms. The van der Waals surface area contributed by atoms with Crippen molar-refractivity contribution in [2.75, 3.05) is 19.4 Å². The number of nitrogens with two attached hydrogens (primary N) is 1. The van der Waals surface area contributed by atoms with Gasteiger partial charge in [-0.05, 0) is 25.0 Å². The summed E-state index contributed by atoms with van der Waals surface area (Å²) in [6, 6.07) is 9.72. The van der Waals surface area contributed by atoms with Gasteiger partial charge in [-0.15, -0.1) is 11.3 Å². The van der Waals surface area contributed by atoms with Crippen molar-refractivity contribution in [1.29, 1.82) is 0 Å². The lowest BCUT2D eigenvalue weighted by Gasteiger charge is -2.17. The number of ether oxygens (including phenoxy) is 1. The first kappa shape index (κ1) is 17.0. The summed E-state index contributed by atoms with van der Waals surface area (Å²) in [7, 11) is 1.73. The van der Waals surface area contributed by atoms with Crippen LogP contribution in [0, 0.1) is 6.92 Å². The zero-order valence-electron chi connectivity index (χ0n) is 13.5. The molecule has 0 aliphatic heterocycles. The molecule has 1 aromatic carbocycles. The minimum atomic E-state index is -0.483. The fraction of sp³-hybridized carbons (Fsp3) is 0.294. The predicted molar refractivity (Wildman–Crippen MR) is 91.7 cm³/mol. The summed E-state index contributed by atoms with van der Waals surface area (Å²) in [5.41, 5.74) is 7.83. The van der Waals surface area contributed by atoms with Gasteiger partial charge in [0.15, 0.2) is 0 Å². The number of carbonyl (C=O) groups excluding carboxylic acids is 2. The number of hydrogen-bond acceptors (Lipinski definition) is 5. The lowest BCUT2D eigenvalue weighted by atomic mass is 10.1. The van der Waals surface area contributed by atoms with E-state index in [1.807, 2.05) is 30.3 Å². The van der Waals surface area contributed by atoms with E-state index in [9.17, 15) is 9.59 Å². The lowest BCUT2D eigenvalue weighted by molar-refractivity contribution is 0.0527. The maximum atomic E-state index is 12.6. The minimum absolute atomic E-state index is 0.154. The Morgan fingerprint density at radius 2 is 1.91 bits per heavy atom. The van der Waals surface area contributed by atoms with Crippen LogP contribution in [0.2, 0.25) is 0 Å². The summed E-state index contributed by atoms with van der Waals surface area (Å²) in [6.45, 7) is 4.22. The minimum Gasteiger partial charge on any atom is -0.462 e. The van der Waals surface area contributed by atoms with Crippen molar-refractivity contribution in [2.45, 2.75) is 20.4 Å². The van der Waals surface area contributed by atoms with Crippen molar-refractivity contribution in [3.05, 3.63) is 51.9 Å². The van der Waals surface area contributed by atoms with Crippen molar-refractivity contribution in [3.8, 4) is 0 Å². The summed E-state index contributed by atoms with van der Waals surface area (Å²) in [5, 5.41) is 0.317. The first-order valence-electron chi connectivity index (χ1n) is 7.31. The standard InChI is InChI=1S/C17H20N2O3S/c1-4-22-17(21)13-11(2)14(23-15(13)18)16(20)19(3)10-12-8-6-5-7-9-12/h5-9H,4,10,18H2,1-3H3. The number of nitrogen functional groups attached to an aromatic ring is 1. The second kappa shape index (κ2) is 7.28. The molecular formula is C17H20N2O3S. The summed E-state index contributed by atoms with van der Waals surface area (Å²) in [6.07, 6.45) is 0. The van der Waals surface area contributed by atoms with Crippen LogP contribution in [-0.2, 0) is 11.3 Å². The highest BCUT2D eigenvalue weighted by atomic mass is 32.1. The van der Waals surface area contributed by atoms with E-state index < -0.39 is 5.97 Å². The summed E-state index contributed by atoms with van der Waals surface area (Å²) < 4.78 is 5.00. The monoisotopic (exact) mass is 332 g/mol. The molecule has 23 heavy (non-hydrogen) atoms. The number of rotatable bonds is 5. The Balaban J connectivity index is 2.22. The van der Waals surface area contributed by atoms with Crippen LogP contribution in [-0.4, -0.2) is 30.4 Å². The molecule has 5 nitrogen and oxygen atoms in total. The zero-order chi connectivity index (χ0) is 17.0. The Labute approximate surface area is 139 Å². The molecule has 2 rings (SSSR count). The van der Waals surface area contributed by atoms with E-state index in [0.717, 1.165) is 16.9 Å². The third kappa shape index (κ3) is 3.71. The molecule has 1 heterocycles. The SMILES string of the molecule is CCOC(=O)c1c(N)sc(C(=O)N(C)Cc2ccccc2)c1C. The third-order valence-corrected chi connectivity index (χ3v) is 4.57. The number of amides is 1.